The number of aromatic nitrogens is 1. The molecule has 3 N–H and O–H groups in total. The number of anilines is 1. The van der Waals surface area contributed by atoms with Crippen molar-refractivity contribution < 1.29 is 23.1 Å². The van der Waals surface area contributed by atoms with Crippen molar-refractivity contribution in [1.29, 1.82) is 0 Å². The second kappa shape index (κ2) is 10.1. The number of fused-ring (bicyclic) bond motifs is 1. The van der Waals surface area contributed by atoms with Crippen LogP contribution in [0.15, 0.2) is 34.7 Å². The zero-order valence-electron chi connectivity index (χ0n) is 18.9. The first-order valence-corrected chi connectivity index (χ1v) is 11.2. The van der Waals surface area contributed by atoms with Crippen LogP contribution in [0.2, 0.25) is 0 Å². The van der Waals surface area contributed by atoms with Crippen LogP contribution < -0.4 is 20.5 Å². The van der Waals surface area contributed by atoms with E-state index >= 15 is 0 Å². The van der Waals surface area contributed by atoms with Crippen LogP contribution in [0.25, 0.3) is 11.1 Å². The quantitative estimate of drug-likeness (QED) is 0.503. The van der Waals surface area contributed by atoms with Crippen molar-refractivity contribution >= 4 is 23.0 Å². The lowest BCUT2D eigenvalue weighted by molar-refractivity contribution is 0.100. The monoisotopic (exact) mass is 456 g/mol. The van der Waals surface area contributed by atoms with Crippen LogP contribution in [0.5, 0.6) is 11.5 Å². The fourth-order valence-electron chi connectivity index (χ4n) is 4.12. The molecule has 1 aliphatic rings. The highest BCUT2D eigenvalue weighted by Gasteiger charge is 2.23. The lowest BCUT2D eigenvalue weighted by Gasteiger charge is -2.32. The number of likely N-dealkylation sites (tertiary alicyclic amines) is 1. The maximum Gasteiger partial charge on any atom is 0.295 e. The molecular weight excluding hydrogens is 427 g/mol. The van der Waals surface area contributed by atoms with Crippen LogP contribution in [-0.4, -0.2) is 48.1 Å². The predicted molar refractivity (Wildman–Crippen MR) is 123 cm³/mol. The van der Waals surface area contributed by atoms with E-state index in [1.54, 1.807) is 30.3 Å². The molecule has 1 aliphatic heterocycles. The molecule has 0 atom stereocenters. The normalized spacial score (nSPS) is 15.0. The number of oxazole rings is 1. The summed E-state index contributed by atoms with van der Waals surface area (Å²) < 4.78 is 31.2. The Morgan fingerprint density at radius 3 is 2.48 bits per heavy atom. The second-order valence-electron chi connectivity index (χ2n) is 8.00. The number of para-hydroxylation sites is 1. The van der Waals surface area contributed by atoms with Gasteiger partial charge in [0.1, 0.15) is 5.52 Å². The first-order valence-electron chi connectivity index (χ1n) is 11.2. The van der Waals surface area contributed by atoms with Crippen LogP contribution in [0, 0.1) is 5.82 Å². The lowest BCUT2D eigenvalue weighted by Crippen LogP contribution is -2.38. The highest BCUT2D eigenvalue weighted by molar-refractivity contribution is 6.03. The molecule has 33 heavy (non-hydrogen) atoms. The third kappa shape index (κ3) is 5.19. The van der Waals surface area contributed by atoms with Crippen molar-refractivity contribution in [2.75, 3.05) is 31.6 Å². The van der Waals surface area contributed by atoms with Gasteiger partial charge >= 0.3 is 0 Å². The van der Waals surface area contributed by atoms with Gasteiger partial charge in [-0.3, -0.25) is 9.69 Å². The molecule has 1 fully saturated rings. The number of hydrogen-bond donors (Lipinski definition) is 2. The third-order valence-electron chi connectivity index (χ3n) is 5.67. The first kappa shape index (κ1) is 22.8. The highest BCUT2D eigenvalue weighted by Crippen LogP contribution is 2.30. The standard InChI is InChI=1S/C24H29FN4O4/c1-3-31-19-12-15(13-20(21(19)25)32-4-2)14-29-10-8-16(9-11-29)27-24-28-22-17(23(26)30)6-5-7-18(22)33-24/h5-7,12-13,16H,3-4,8-11,14H2,1-2H3,(H2,26,30)(H,27,28). The fraction of sp³-hybridized carbons (Fsp3) is 0.417. The Labute approximate surface area is 191 Å². The minimum absolute atomic E-state index is 0.192. The molecule has 0 saturated carbocycles. The van der Waals surface area contributed by atoms with Crippen LogP contribution in [0.1, 0.15) is 42.6 Å². The van der Waals surface area contributed by atoms with Gasteiger partial charge in [-0.1, -0.05) is 6.07 Å². The summed E-state index contributed by atoms with van der Waals surface area (Å²) in [6, 6.07) is 9.20. The molecule has 3 aromatic rings. The number of carbonyl (C=O) groups excluding carboxylic acids is 1. The molecule has 1 saturated heterocycles. The van der Waals surface area contributed by atoms with Crippen molar-refractivity contribution in [2.45, 2.75) is 39.3 Å². The molecule has 2 aromatic carbocycles. The molecule has 1 amide bonds. The minimum Gasteiger partial charge on any atom is -0.491 e. The Morgan fingerprint density at radius 1 is 1.21 bits per heavy atom. The number of nitrogens with zero attached hydrogens (tertiary/aromatic N) is 2. The zero-order chi connectivity index (χ0) is 23.4. The van der Waals surface area contributed by atoms with Crippen molar-refractivity contribution in [3.8, 4) is 11.5 Å². The van der Waals surface area contributed by atoms with E-state index in [-0.39, 0.29) is 17.5 Å². The van der Waals surface area contributed by atoms with E-state index in [1.165, 1.54) is 0 Å². The van der Waals surface area contributed by atoms with E-state index in [2.05, 4.69) is 15.2 Å². The molecule has 8 nitrogen and oxygen atoms in total. The number of rotatable bonds is 9. The number of hydrogen-bond acceptors (Lipinski definition) is 7. The number of nitrogens with one attached hydrogen (secondary N) is 1. The Hall–Kier alpha value is -3.33. The van der Waals surface area contributed by atoms with Gasteiger partial charge in [0.05, 0.1) is 18.8 Å². The van der Waals surface area contributed by atoms with E-state index in [4.69, 9.17) is 19.6 Å². The lowest BCUT2D eigenvalue weighted by atomic mass is 10.0. The van der Waals surface area contributed by atoms with Crippen LogP contribution in [-0.2, 0) is 6.54 Å². The van der Waals surface area contributed by atoms with Crippen LogP contribution in [0.3, 0.4) is 0 Å². The molecular formula is C24H29FN4O4. The summed E-state index contributed by atoms with van der Waals surface area (Å²) in [6.45, 7) is 6.83. The minimum atomic E-state index is -0.533. The number of piperidine rings is 1. The molecule has 0 radical (unpaired) electrons. The maximum atomic E-state index is 14.5. The number of halogens is 1. The largest absolute Gasteiger partial charge is 0.491 e. The Kier molecular flexibility index (Phi) is 6.98. The van der Waals surface area contributed by atoms with Crippen molar-refractivity contribution in [3.63, 3.8) is 0 Å². The SMILES string of the molecule is CCOc1cc(CN2CCC(Nc3nc4c(C(N)=O)cccc4o3)CC2)cc(OCC)c1F. The van der Waals surface area contributed by atoms with E-state index < -0.39 is 11.7 Å². The Morgan fingerprint density at radius 2 is 1.88 bits per heavy atom. The van der Waals surface area contributed by atoms with Gasteiger partial charge in [-0.05, 0) is 56.5 Å². The molecule has 2 heterocycles. The van der Waals surface area contributed by atoms with Crippen LogP contribution in [0.4, 0.5) is 10.4 Å². The van der Waals surface area contributed by atoms with E-state index in [0.717, 1.165) is 31.5 Å². The number of benzene rings is 2. The predicted octanol–water partition coefficient (Wildman–Crippen LogP) is 3.94. The van der Waals surface area contributed by atoms with Gasteiger partial charge < -0.3 is 24.9 Å². The summed E-state index contributed by atoms with van der Waals surface area (Å²) >= 11 is 0. The van der Waals surface area contributed by atoms with Crippen molar-refractivity contribution in [1.82, 2.24) is 9.88 Å². The van der Waals surface area contributed by atoms with E-state index in [0.29, 0.717) is 42.4 Å². The molecule has 4 rings (SSSR count). The average molecular weight is 457 g/mol. The number of amides is 1. The smallest absolute Gasteiger partial charge is 0.295 e. The maximum absolute atomic E-state index is 14.5. The summed E-state index contributed by atoms with van der Waals surface area (Å²) in [7, 11) is 0. The van der Waals surface area contributed by atoms with Crippen molar-refractivity contribution in [3.05, 3.63) is 47.3 Å². The molecule has 176 valence electrons. The first-order chi connectivity index (χ1) is 16.0. The molecule has 0 spiro atoms. The number of ether oxygens (including phenoxy) is 2. The van der Waals surface area contributed by atoms with Gasteiger partial charge in [-0.25, -0.2) is 0 Å². The second-order valence-corrected chi connectivity index (χ2v) is 8.00. The van der Waals surface area contributed by atoms with Gasteiger partial charge in [0.15, 0.2) is 17.1 Å². The van der Waals surface area contributed by atoms with Gasteiger partial charge in [0.2, 0.25) is 5.82 Å². The molecule has 0 unspecified atom stereocenters. The fourth-order valence-corrected chi connectivity index (χ4v) is 4.12. The molecule has 1 aromatic heterocycles. The average Bonchev–Trinajstić information content (AvgIpc) is 3.21. The zero-order valence-corrected chi connectivity index (χ0v) is 18.9. The van der Waals surface area contributed by atoms with Gasteiger partial charge in [0, 0.05) is 25.7 Å². The Balaban J connectivity index is 1.38. The molecule has 0 aliphatic carbocycles. The summed E-state index contributed by atoms with van der Waals surface area (Å²) in [5.41, 5.74) is 7.72. The number of primary amides is 1. The topological polar surface area (TPSA) is 103 Å². The summed E-state index contributed by atoms with van der Waals surface area (Å²) in [6.07, 6.45) is 1.78. The summed E-state index contributed by atoms with van der Waals surface area (Å²) in [5, 5.41) is 3.33. The number of nitrogens with two attached hydrogens (primary N) is 1. The Bertz CT molecular complexity index is 1100. The highest BCUT2D eigenvalue weighted by atomic mass is 19.1. The van der Waals surface area contributed by atoms with Gasteiger partial charge in [-0.15, -0.1) is 0 Å². The number of carbonyl (C=O) groups is 1. The van der Waals surface area contributed by atoms with Gasteiger partial charge in [0.25, 0.3) is 11.9 Å². The molecule has 0 bridgehead atoms. The third-order valence-corrected chi connectivity index (χ3v) is 5.67. The van der Waals surface area contributed by atoms with E-state index in [1.807, 2.05) is 13.8 Å². The van der Waals surface area contributed by atoms with E-state index in [9.17, 15) is 9.18 Å². The molecule has 9 heteroatoms. The summed E-state index contributed by atoms with van der Waals surface area (Å²) in [5.74, 6) is -0.541. The summed E-state index contributed by atoms with van der Waals surface area (Å²) in [4.78, 5) is 18.3. The van der Waals surface area contributed by atoms with Crippen LogP contribution >= 0.6 is 0 Å². The van der Waals surface area contributed by atoms with Gasteiger partial charge in [-0.2, -0.15) is 9.37 Å². The van der Waals surface area contributed by atoms with Crippen molar-refractivity contribution in [2.24, 2.45) is 5.73 Å².